The van der Waals surface area contributed by atoms with Crippen LogP contribution in [-0.2, 0) is 0 Å². The summed E-state index contributed by atoms with van der Waals surface area (Å²) in [7, 11) is 1.96. The lowest BCUT2D eigenvalue weighted by atomic mass is 9.93. The van der Waals surface area contributed by atoms with Gasteiger partial charge in [-0.25, -0.2) is 4.98 Å². The largest absolute Gasteiger partial charge is 0.508 e. The number of anilines is 1. The number of phenolic OH excluding ortho intramolecular Hbond substituents is 1. The standard InChI is InChI=1S/C33H28N6O6/c1-36(13-4-14-37-32(42)22-6-2-5-19-15-20(39(44)45)16-24(28(19)22)33(37)43)12-3-11-34-25-8-9-26-30-29(25)31(41)23-17-21(40)7-10-27(23)38(30)18-35-26/h2,5-10,15-18,34,40H,3-4,11-14H2,1H3. The van der Waals surface area contributed by atoms with Crippen LogP contribution in [-0.4, -0.2) is 74.3 Å². The number of nitro groups is 1. The number of hydrogen-bond donors (Lipinski definition) is 2. The number of aromatic hydroxyl groups is 1. The van der Waals surface area contributed by atoms with Crippen molar-refractivity contribution in [2.45, 2.75) is 12.8 Å². The molecule has 0 fully saturated rings. The third-order valence-electron chi connectivity index (χ3n) is 8.50. The number of pyridine rings is 1. The van der Waals surface area contributed by atoms with Crippen molar-refractivity contribution in [2.75, 3.05) is 38.5 Å². The molecule has 1 aliphatic rings. The van der Waals surface area contributed by atoms with Gasteiger partial charge in [0.1, 0.15) is 12.1 Å². The number of fused-ring (bicyclic) bond motifs is 2. The Hall–Kier alpha value is -5.62. The van der Waals surface area contributed by atoms with E-state index in [0.717, 1.165) is 18.5 Å². The number of aromatic nitrogens is 2. The van der Waals surface area contributed by atoms with Crippen LogP contribution in [0.1, 0.15) is 33.6 Å². The van der Waals surface area contributed by atoms with Gasteiger partial charge in [0.15, 0.2) is 5.43 Å². The summed E-state index contributed by atoms with van der Waals surface area (Å²) in [6, 6.07) is 16.1. The van der Waals surface area contributed by atoms with Crippen LogP contribution in [0.4, 0.5) is 11.4 Å². The maximum Gasteiger partial charge on any atom is 0.270 e. The number of carbonyl (C=O) groups excluding carboxylic acids is 2. The summed E-state index contributed by atoms with van der Waals surface area (Å²) in [5, 5.41) is 26.7. The van der Waals surface area contributed by atoms with Crippen LogP contribution in [0, 0.1) is 10.1 Å². The molecule has 0 aliphatic carbocycles. The second-order valence-electron chi connectivity index (χ2n) is 11.4. The molecule has 0 saturated carbocycles. The minimum absolute atomic E-state index is 0.0237. The maximum absolute atomic E-state index is 13.5. The first-order chi connectivity index (χ1) is 21.7. The highest BCUT2D eigenvalue weighted by Gasteiger charge is 2.34. The Morgan fingerprint density at radius 1 is 0.956 bits per heavy atom. The molecular formula is C33H28N6O6. The van der Waals surface area contributed by atoms with E-state index in [-0.39, 0.29) is 29.0 Å². The van der Waals surface area contributed by atoms with Gasteiger partial charge in [-0.1, -0.05) is 12.1 Å². The molecule has 0 saturated heterocycles. The summed E-state index contributed by atoms with van der Waals surface area (Å²) in [6.45, 7) is 2.14. The van der Waals surface area contributed by atoms with Gasteiger partial charge in [0.25, 0.3) is 17.5 Å². The number of nitro benzene ring substituents is 1. The van der Waals surface area contributed by atoms with Crippen LogP contribution in [0.2, 0.25) is 0 Å². The van der Waals surface area contributed by atoms with E-state index in [1.54, 1.807) is 36.7 Å². The van der Waals surface area contributed by atoms with Gasteiger partial charge in [0, 0.05) is 41.9 Å². The highest BCUT2D eigenvalue weighted by atomic mass is 16.6. The van der Waals surface area contributed by atoms with E-state index in [2.05, 4.69) is 15.2 Å². The first-order valence-electron chi connectivity index (χ1n) is 14.6. The molecule has 2 N–H and O–H groups in total. The Kier molecular flexibility index (Phi) is 6.78. The first kappa shape index (κ1) is 28.2. The lowest BCUT2D eigenvalue weighted by Crippen LogP contribution is -2.41. The van der Waals surface area contributed by atoms with Crippen molar-refractivity contribution in [3.8, 4) is 5.75 Å². The summed E-state index contributed by atoms with van der Waals surface area (Å²) in [6.07, 6.45) is 2.98. The Balaban J connectivity index is 0.983. The molecule has 0 bridgehead atoms. The molecule has 2 aromatic heterocycles. The number of hydrogen-bond acceptors (Lipinski definition) is 9. The molecule has 7 rings (SSSR count). The Morgan fingerprint density at radius 3 is 2.58 bits per heavy atom. The average Bonchev–Trinajstić information content (AvgIpc) is 3.46. The van der Waals surface area contributed by atoms with E-state index in [1.165, 1.54) is 23.1 Å². The van der Waals surface area contributed by atoms with Crippen LogP contribution in [0.3, 0.4) is 0 Å². The van der Waals surface area contributed by atoms with Crippen LogP contribution in [0.5, 0.6) is 5.75 Å². The molecule has 1 aliphatic heterocycles. The molecule has 12 heteroatoms. The summed E-state index contributed by atoms with van der Waals surface area (Å²) in [5.74, 6) is -0.891. The molecule has 3 heterocycles. The number of amides is 2. The number of nitrogens with one attached hydrogen (secondary N) is 1. The second-order valence-corrected chi connectivity index (χ2v) is 11.4. The fourth-order valence-corrected chi connectivity index (χ4v) is 6.35. The summed E-state index contributed by atoms with van der Waals surface area (Å²) in [4.78, 5) is 58.6. The molecule has 0 atom stereocenters. The van der Waals surface area contributed by atoms with E-state index in [0.29, 0.717) is 63.3 Å². The normalized spacial score (nSPS) is 13.2. The smallest absolute Gasteiger partial charge is 0.270 e. The second kappa shape index (κ2) is 10.8. The maximum atomic E-state index is 13.5. The van der Waals surface area contributed by atoms with E-state index in [4.69, 9.17) is 0 Å². The van der Waals surface area contributed by atoms with Crippen LogP contribution < -0.4 is 10.7 Å². The summed E-state index contributed by atoms with van der Waals surface area (Å²) >= 11 is 0. The van der Waals surface area contributed by atoms with Gasteiger partial charge in [-0.05, 0) is 74.8 Å². The lowest BCUT2D eigenvalue weighted by Gasteiger charge is -2.27. The predicted molar refractivity (Wildman–Crippen MR) is 171 cm³/mol. The van der Waals surface area contributed by atoms with Crippen molar-refractivity contribution in [3.05, 3.63) is 98.5 Å². The lowest BCUT2D eigenvalue weighted by molar-refractivity contribution is -0.384. The zero-order valence-corrected chi connectivity index (χ0v) is 24.3. The molecule has 0 radical (unpaired) electrons. The number of non-ortho nitro benzene ring substituents is 1. The number of benzene rings is 4. The van der Waals surface area contributed by atoms with Gasteiger partial charge >= 0.3 is 0 Å². The number of carbonyl (C=O) groups is 2. The van der Waals surface area contributed by atoms with E-state index >= 15 is 0 Å². The molecule has 6 aromatic rings. The van der Waals surface area contributed by atoms with Crippen LogP contribution in [0.15, 0.2) is 71.8 Å². The fourth-order valence-electron chi connectivity index (χ4n) is 6.35. The van der Waals surface area contributed by atoms with Gasteiger partial charge in [0.05, 0.1) is 37.8 Å². The van der Waals surface area contributed by atoms with E-state index in [1.807, 2.05) is 23.6 Å². The van der Waals surface area contributed by atoms with Crippen molar-refractivity contribution >= 4 is 61.3 Å². The Morgan fingerprint density at radius 2 is 1.76 bits per heavy atom. The monoisotopic (exact) mass is 604 g/mol. The molecule has 226 valence electrons. The predicted octanol–water partition coefficient (Wildman–Crippen LogP) is 4.63. The minimum Gasteiger partial charge on any atom is -0.508 e. The van der Waals surface area contributed by atoms with Crippen molar-refractivity contribution in [3.63, 3.8) is 0 Å². The first-order valence-corrected chi connectivity index (χ1v) is 14.6. The SMILES string of the molecule is CN(CCCNc1ccc2ncn3c4ccc(O)cc4c(=O)c1c23)CCCN1C(=O)c2cccc3cc([N+](=O)[O-])cc(c23)C1=O. The number of nitrogens with zero attached hydrogens (tertiary/aromatic N) is 5. The quantitative estimate of drug-likeness (QED) is 0.0750. The molecule has 4 aromatic carbocycles. The third-order valence-corrected chi connectivity index (χ3v) is 8.50. The molecule has 0 spiro atoms. The zero-order chi connectivity index (χ0) is 31.4. The molecule has 12 nitrogen and oxygen atoms in total. The number of rotatable bonds is 10. The van der Waals surface area contributed by atoms with Gasteiger partial charge in [0.2, 0.25) is 0 Å². The third kappa shape index (κ3) is 4.66. The van der Waals surface area contributed by atoms with Gasteiger partial charge in [-0.15, -0.1) is 0 Å². The molecule has 2 amide bonds. The van der Waals surface area contributed by atoms with Crippen molar-refractivity contribution in [2.24, 2.45) is 0 Å². The van der Waals surface area contributed by atoms with Crippen LogP contribution in [0.25, 0.3) is 38.1 Å². The average molecular weight is 605 g/mol. The van der Waals surface area contributed by atoms with Crippen molar-refractivity contribution in [1.82, 2.24) is 19.2 Å². The topological polar surface area (TPSA) is 150 Å². The van der Waals surface area contributed by atoms with E-state index in [9.17, 15) is 29.6 Å². The Labute approximate surface area is 255 Å². The molecular weight excluding hydrogens is 576 g/mol. The fraction of sp³-hybridized carbons (Fsp3) is 0.212. The number of imide groups is 1. The van der Waals surface area contributed by atoms with Crippen molar-refractivity contribution in [1.29, 1.82) is 0 Å². The summed E-state index contributed by atoms with van der Waals surface area (Å²) < 4.78 is 1.87. The zero-order valence-electron chi connectivity index (χ0n) is 24.3. The highest BCUT2D eigenvalue weighted by molar-refractivity contribution is 6.25. The molecule has 0 unspecified atom stereocenters. The molecule has 45 heavy (non-hydrogen) atoms. The highest BCUT2D eigenvalue weighted by Crippen LogP contribution is 2.34. The van der Waals surface area contributed by atoms with Crippen molar-refractivity contribution < 1.29 is 19.6 Å². The summed E-state index contributed by atoms with van der Waals surface area (Å²) in [5.41, 5.74) is 3.01. The van der Waals surface area contributed by atoms with Gasteiger partial charge < -0.3 is 15.3 Å². The van der Waals surface area contributed by atoms with Gasteiger partial charge in [-0.2, -0.15) is 0 Å². The number of imidazole rings is 1. The minimum atomic E-state index is -0.535. The van der Waals surface area contributed by atoms with E-state index < -0.39 is 16.7 Å². The Bertz CT molecular complexity index is 2250. The number of phenols is 1. The van der Waals surface area contributed by atoms with Crippen LogP contribution >= 0.6 is 0 Å². The van der Waals surface area contributed by atoms with Gasteiger partial charge in [-0.3, -0.25) is 33.8 Å².